The highest BCUT2D eigenvalue weighted by Crippen LogP contribution is 2.21. The summed E-state index contributed by atoms with van der Waals surface area (Å²) in [6, 6.07) is 0.0311. The van der Waals surface area contributed by atoms with Crippen LogP contribution in [-0.2, 0) is 14.3 Å². The van der Waals surface area contributed by atoms with Crippen molar-refractivity contribution < 1.29 is 19.1 Å². The molecule has 1 saturated carbocycles. The van der Waals surface area contributed by atoms with Crippen molar-refractivity contribution >= 4 is 12.6 Å². The molecular weight excluding hydrogens is 222 g/mol. The number of amides is 1. The molecule has 0 aromatic rings. The van der Waals surface area contributed by atoms with E-state index in [9.17, 15) is 9.59 Å². The van der Waals surface area contributed by atoms with Crippen molar-refractivity contribution in [1.82, 2.24) is 5.32 Å². The molecule has 5 heteroatoms. The lowest BCUT2D eigenvalue weighted by molar-refractivity contribution is -0.135. The fourth-order valence-corrected chi connectivity index (χ4v) is 1.95. The molecule has 0 saturated heterocycles. The van der Waals surface area contributed by atoms with Crippen molar-refractivity contribution in [2.75, 3.05) is 0 Å². The Kier molecular flexibility index (Phi) is 4.78. The van der Waals surface area contributed by atoms with Crippen LogP contribution in [0.25, 0.3) is 0 Å². The average molecular weight is 243 g/mol. The van der Waals surface area contributed by atoms with E-state index in [1.54, 1.807) is 0 Å². The number of nitrogens with one attached hydrogen (secondary N) is 1. The van der Waals surface area contributed by atoms with E-state index in [4.69, 9.17) is 9.47 Å². The quantitative estimate of drug-likeness (QED) is 0.770. The second-order valence-electron chi connectivity index (χ2n) is 5.36. The van der Waals surface area contributed by atoms with Crippen molar-refractivity contribution in [2.24, 2.45) is 0 Å². The first-order valence-corrected chi connectivity index (χ1v) is 5.99. The fourth-order valence-electron chi connectivity index (χ4n) is 1.95. The van der Waals surface area contributed by atoms with E-state index in [0.717, 1.165) is 19.3 Å². The minimum Gasteiger partial charge on any atom is -0.465 e. The van der Waals surface area contributed by atoms with Gasteiger partial charge in [0.2, 0.25) is 0 Å². The minimum atomic E-state index is -0.489. The number of hydrogen-bond acceptors (Lipinski definition) is 4. The molecule has 17 heavy (non-hydrogen) atoms. The Morgan fingerprint density at radius 1 is 1.35 bits per heavy atom. The van der Waals surface area contributed by atoms with Crippen molar-refractivity contribution in [1.29, 1.82) is 0 Å². The standard InChI is InChI=1S/C12H21NO4/c1-12(2,3)17-11(15)13-9-5-4-6-10(7-9)16-8-14/h8-10H,4-7H2,1-3H3,(H,13,15)/t9-,10+/m0/s1. The first kappa shape index (κ1) is 13.8. The van der Waals surface area contributed by atoms with Crippen LogP contribution in [0.5, 0.6) is 0 Å². The summed E-state index contributed by atoms with van der Waals surface area (Å²) in [7, 11) is 0. The SMILES string of the molecule is CC(C)(C)OC(=O)N[C@H]1CCC[C@@H](OC=O)C1. The van der Waals surface area contributed by atoms with Gasteiger partial charge in [-0.05, 0) is 40.0 Å². The van der Waals surface area contributed by atoms with E-state index in [2.05, 4.69) is 5.32 Å². The highest BCUT2D eigenvalue weighted by atomic mass is 16.6. The molecule has 0 radical (unpaired) electrons. The average Bonchev–Trinajstić information content (AvgIpc) is 2.15. The third-order valence-electron chi connectivity index (χ3n) is 2.59. The highest BCUT2D eigenvalue weighted by molar-refractivity contribution is 5.68. The van der Waals surface area contributed by atoms with E-state index in [0.29, 0.717) is 12.9 Å². The van der Waals surface area contributed by atoms with Crippen molar-refractivity contribution in [3.05, 3.63) is 0 Å². The van der Waals surface area contributed by atoms with Crippen LogP contribution >= 0.6 is 0 Å². The van der Waals surface area contributed by atoms with Crippen LogP contribution in [0, 0.1) is 0 Å². The van der Waals surface area contributed by atoms with Gasteiger partial charge in [0.25, 0.3) is 6.47 Å². The molecule has 2 atom stereocenters. The minimum absolute atomic E-state index is 0.0311. The first-order chi connectivity index (χ1) is 7.90. The lowest BCUT2D eigenvalue weighted by Gasteiger charge is -2.29. The van der Waals surface area contributed by atoms with E-state index >= 15 is 0 Å². The number of carbonyl (C=O) groups is 2. The molecule has 1 aliphatic carbocycles. The second-order valence-corrected chi connectivity index (χ2v) is 5.36. The van der Waals surface area contributed by atoms with E-state index in [-0.39, 0.29) is 12.1 Å². The predicted octanol–water partition coefficient (Wildman–Crippen LogP) is 2.00. The summed E-state index contributed by atoms with van der Waals surface area (Å²) in [6.07, 6.45) is 2.88. The number of hydrogen-bond donors (Lipinski definition) is 1. The summed E-state index contributed by atoms with van der Waals surface area (Å²) < 4.78 is 10.1. The molecule has 1 N–H and O–H groups in total. The van der Waals surface area contributed by atoms with Gasteiger partial charge >= 0.3 is 6.09 Å². The fraction of sp³-hybridized carbons (Fsp3) is 0.833. The third-order valence-corrected chi connectivity index (χ3v) is 2.59. The summed E-state index contributed by atoms with van der Waals surface area (Å²) >= 11 is 0. The Balaban J connectivity index is 2.35. The van der Waals surface area contributed by atoms with Gasteiger partial charge in [-0.25, -0.2) is 4.79 Å². The normalized spacial score (nSPS) is 24.9. The van der Waals surface area contributed by atoms with E-state index in [1.165, 1.54) is 0 Å². The Morgan fingerprint density at radius 2 is 2.06 bits per heavy atom. The van der Waals surface area contributed by atoms with Gasteiger partial charge in [0.1, 0.15) is 11.7 Å². The topological polar surface area (TPSA) is 64.6 Å². The molecule has 0 aromatic heterocycles. The van der Waals surface area contributed by atoms with Crippen molar-refractivity contribution in [2.45, 2.75) is 64.2 Å². The van der Waals surface area contributed by atoms with Crippen LogP contribution in [0.2, 0.25) is 0 Å². The van der Waals surface area contributed by atoms with Crippen molar-refractivity contribution in [3.8, 4) is 0 Å². The van der Waals surface area contributed by atoms with Gasteiger partial charge in [0.15, 0.2) is 0 Å². The zero-order chi connectivity index (χ0) is 12.9. The van der Waals surface area contributed by atoms with Crippen LogP contribution in [0.4, 0.5) is 4.79 Å². The maximum absolute atomic E-state index is 11.5. The first-order valence-electron chi connectivity index (χ1n) is 5.99. The number of ether oxygens (including phenoxy) is 2. The van der Waals surface area contributed by atoms with Crippen LogP contribution in [-0.4, -0.2) is 30.3 Å². The molecule has 1 fully saturated rings. The monoisotopic (exact) mass is 243 g/mol. The summed E-state index contributed by atoms with van der Waals surface area (Å²) in [5, 5.41) is 2.81. The second kappa shape index (κ2) is 5.89. The molecule has 1 aliphatic rings. The number of rotatable bonds is 3. The molecule has 0 unspecified atom stereocenters. The van der Waals surface area contributed by atoms with Crippen LogP contribution < -0.4 is 5.32 Å². The molecular formula is C12H21NO4. The smallest absolute Gasteiger partial charge is 0.407 e. The molecule has 1 rings (SSSR count). The summed E-state index contributed by atoms with van der Waals surface area (Å²) in [5.41, 5.74) is -0.489. The van der Waals surface area contributed by atoms with Gasteiger partial charge in [-0.1, -0.05) is 0 Å². The Bertz CT molecular complexity index is 272. The Hall–Kier alpha value is -1.26. The van der Waals surface area contributed by atoms with Gasteiger partial charge in [-0.2, -0.15) is 0 Å². The Morgan fingerprint density at radius 3 is 2.65 bits per heavy atom. The van der Waals surface area contributed by atoms with Crippen LogP contribution in [0.3, 0.4) is 0 Å². The zero-order valence-electron chi connectivity index (χ0n) is 10.7. The van der Waals surface area contributed by atoms with Gasteiger partial charge < -0.3 is 14.8 Å². The van der Waals surface area contributed by atoms with Gasteiger partial charge in [0, 0.05) is 12.5 Å². The van der Waals surface area contributed by atoms with Gasteiger partial charge in [-0.3, -0.25) is 4.79 Å². The molecule has 0 spiro atoms. The maximum atomic E-state index is 11.5. The van der Waals surface area contributed by atoms with Gasteiger partial charge in [0.05, 0.1) is 0 Å². The molecule has 0 aromatic carbocycles. The largest absolute Gasteiger partial charge is 0.465 e. The maximum Gasteiger partial charge on any atom is 0.407 e. The molecule has 1 amide bonds. The lowest BCUT2D eigenvalue weighted by Crippen LogP contribution is -2.42. The zero-order valence-corrected chi connectivity index (χ0v) is 10.7. The molecule has 5 nitrogen and oxygen atoms in total. The number of carbonyl (C=O) groups excluding carboxylic acids is 2. The van der Waals surface area contributed by atoms with Crippen molar-refractivity contribution in [3.63, 3.8) is 0 Å². The molecule has 0 bridgehead atoms. The van der Waals surface area contributed by atoms with E-state index < -0.39 is 11.7 Å². The highest BCUT2D eigenvalue weighted by Gasteiger charge is 2.26. The van der Waals surface area contributed by atoms with E-state index in [1.807, 2.05) is 20.8 Å². The van der Waals surface area contributed by atoms with Gasteiger partial charge in [-0.15, -0.1) is 0 Å². The third kappa shape index (κ3) is 5.56. The molecule has 0 aliphatic heterocycles. The molecule has 98 valence electrons. The predicted molar refractivity (Wildman–Crippen MR) is 62.6 cm³/mol. The number of alkyl carbamates (subject to hydrolysis) is 1. The van der Waals surface area contributed by atoms with Crippen LogP contribution in [0.15, 0.2) is 0 Å². The molecule has 0 heterocycles. The van der Waals surface area contributed by atoms with Crippen LogP contribution in [0.1, 0.15) is 46.5 Å². The summed E-state index contributed by atoms with van der Waals surface area (Å²) in [4.78, 5) is 21.8. The lowest BCUT2D eigenvalue weighted by atomic mass is 9.93. The Labute approximate surface area is 102 Å². The summed E-state index contributed by atoms with van der Waals surface area (Å²) in [5.74, 6) is 0. The summed E-state index contributed by atoms with van der Waals surface area (Å²) in [6.45, 7) is 5.95.